The molecule has 1 aromatic carbocycles. The van der Waals surface area contributed by atoms with Crippen molar-refractivity contribution in [2.45, 2.75) is 32.1 Å². The summed E-state index contributed by atoms with van der Waals surface area (Å²) in [5.41, 5.74) is 0.941. The summed E-state index contributed by atoms with van der Waals surface area (Å²) in [5, 5.41) is 12.4. The summed E-state index contributed by atoms with van der Waals surface area (Å²) in [7, 11) is 0. The van der Waals surface area contributed by atoms with Gasteiger partial charge in [-0.3, -0.25) is 0 Å². The molecule has 0 heterocycles. The molecule has 0 unspecified atom stereocenters. The molecular weight excluding hydrogens is 227 g/mol. The maximum atomic E-state index is 12.9. The third kappa shape index (κ3) is 2.88. The van der Waals surface area contributed by atoms with Gasteiger partial charge in [-0.25, -0.2) is 4.39 Å². The Bertz CT molecular complexity index is 452. The van der Waals surface area contributed by atoms with Crippen molar-refractivity contribution in [1.29, 1.82) is 5.26 Å². The van der Waals surface area contributed by atoms with Crippen molar-refractivity contribution >= 4 is 0 Å². The molecule has 0 aliphatic heterocycles. The Morgan fingerprint density at radius 3 is 2.44 bits per heavy atom. The van der Waals surface area contributed by atoms with E-state index in [0.717, 1.165) is 31.5 Å². The van der Waals surface area contributed by atoms with E-state index in [4.69, 9.17) is 5.26 Å². The van der Waals surface area contributed by atoms with Gasteiger partial charge in [0.05, 0.1) is 11.5 Å². The zero-order valence-corrected chi connectivity index (χ0v) is 11.0. The molecule has 18 heavy (non-hydrogen) atoms. The number of nitrogens with zero attached hydrogens (tertiary/aromatic N) is 1. The molecule has 1 saturated carbocycles. The lowest BCUT2D eigenvalue weighted by atomic mass is 9.84. The molecule has 3 heteroatoms. The summed E-state index contributed by atoms with van der Waals surface area (Å²) in [6.07, 6.45) is 2.01. The van der Waals surface area contributed by atoms with Gasteiger partial charge in [0.1, 0.15) is 5.82 Å². The van der Waals surface area contributed by atoms with Gasteiger partial charge in [-0.2, -0.15) is 5.26 Å². The third-order valence-electron chi connectivity index (χ3n) is 3.75. The topological polar surface area (TPSA) is 35.8 Å². The molecule has 2 nitrogen and oxygen atoms in total. The SMILES string of the molecule is CC(C)(CNCC1(C#N)CC1)c1ccc(F)cc1. The van der Waals surface area contributed by atoms with Crippen molar-refractivity contribution in [1.82, 2.24) is 5.32 Å². The van der Waals surface area contributed by atoms with Crippen LogP contribution < -0.4 is 5.32 Å². The largest absolute Gasteiger partial charge is 0.314 e. The summed E-state index contributed by atoms with van der Waals surface area (Å²) >= 11 is 0. The average molecular weight is 246 g/mol. The normalized spacial score (nSPS) is 17.2. The number of benzene rings is 1. The monoisotopic (exact) mass is 246 g/mol. The highest BCUT2D eigenvalue weighted by Gasteiger charge is 2.42. The fourth-order valence-electron chi connectivity index (χ4n) is 2.10. The highest BCUT2D eigenvalue weighted by atomic mass is 19.1. The molecule has 0 amide bonds. The van der Waals surface area contributed by atoms with Crippen molar-refractivity contribution < 1.29 is 4.39 Å². The van der Waals surface area contributed by atoms with Crippen molar-refractivity contribution in [3.05, 3.63) is 35.6 Å². The summed E-state index contributed by atoms with van der Waals surface area (Å²) in [5.74, 6) is -0.205. The van der Waals surface area contributed by atoms with Gasteiger partial charge < -0.3 is 5.32 Å². The minimum Gasteiger partial charge on any atom is -0.314 e. The second kappa shape index (κ2) is 4.70. The first-order valence-electron chi connectivity index (χ1n) is 6.36. The number of hydrogen-bond acceptors (Lipinski definition) is 2. The van der Waals surface area contributed by atoms with Crippen molar-refractivity contribution in [2.24, 2.45) is 5.41 Å². The molecule has 0 aromatic heterocycles. The molecule has 1 aliphatic carbocycles. The van der Waals surface area contributed by atoms with Gasteiger partial charge in [-0.05, 0) is 30.5 Å². The standard InChI is InChI=1S/C15H19FN2/c1-14(2,12-3-5-13(16)6-4-12)10-18-11-15(9-17)7-8-15/h3-6,18H,7-8,10-11H2,1-2H3. The Balaban J connectivity index is 1.91. The van der Waals surface area contributed by atoms with Gasteiger partial charge in [-0.15, -0.1) is 0 Å². The molecule has 0 saturated heterocycles. The van der Waals surface area contributed by atoms with Gasteiger partial charge in [0.15, 0.2) is 0 Å². The number of halogens is 1. The lowest BCUT2D eigenvalue weighted by molar-refractivity contribution is 0.442. The number of nitrogens with one attached hydrogen (secondary N) is 1. The molecule has 0 atom stereocenters. The van der Waals surface area contributed by atoms with Crippen molar-refractivity contribution in [3.8, 4) is 6.07 Å². The summed E-state index contributed by atoms with van der Waals surface area (Å²) < 4.78 is 12.9. The third-order valence-corrected chi connectivity index (χ3v) is 3.75. The van der Waals surface area contributed by atoms with E-state index in [0.29, 0.717) is 0 Å². The Morgan fingerprint density at radius 2 is 1.94 bits per heavy atom. The van der Waals surface area contributed by atoms with Crippen LogP contribution in [0, 0.1) is 22.6 Å². The van der Waals surface area contributed by atoms with E-state index in [1.54, 1.807) is 0 Å². The minimum absolute atomic E-state index is 0.0563. The first-order valence-corrected chi connectivity index (χ1v) is 6.36. The molecule has 0 spiro atoms. The van der Waals surface area contributed by atoms with Crippen LogP contribution >= 0.6 is 0 Å². The molecule has 0 radical (unpaired) electrons. The van der Waals surface area contributed by atoms with Crippen LogP contribution in [0.5, 0.6) is 0 Å². The molecule has 1 N–H and O–H groups in total. The van der Waals surface area contributed by atoms with Gasteiger partial charge in [0.2, 0.25) is 0 Å². The smallest absolute Gasteiger partial charge is 0.123 e. The van der Waals surface area contributed by atoms with E-state index in [1.165, 1.54) is 12.1 Å². The number of rotatable bonds is 5. The fraction of sp³-hybridized carbons (Fsp3) is 0.533. The zero-order chi connectivity index (χ0) is 13.2. The van der Waals surface area contributed by atoms with Gasteiger partial charge >= 0.3 is 0 Å². The van der Waals surface area contributed by atoms with Crippen LogP contribution in [0.3, 0.4) is 0 Å². The summed E-state index contributed by atoms with van der Waals surface area (Å²) in [6, 6.07) is 9.02. The zero-order valence-electron chi connectivity index (χ0n) is 11.0. The van der Waals surface area contributed by atoms with Crippen LogP contribution in [0.4, 0.5) is 4.39 Å². The van der Waals surface area contributed by atoms with E-state index in [-0.39, 0.29) is 16.6 Å². The molecule has 0 bridgehead atoms. The molecule has 1 fully saturated rings. The van der Waals surface area contributed by atoms with Crippen LogP contribution in [0.25, 0.3) is 0 Å². The highest BCUT2D eigenvalue weighted by Crippen LogP contribution is 2.44. The molecule has 96 valence electrons. The second-order valence-electron chi connectivity index (χ2n) is 5.89. The quantitative estimate of drug-likeness (QED) is 0.867. The van der Waals surface area contributed by atoms with Crippen molar-refractivity contribution in [2.75, 3.05) is 13.1 Å². The van der Waals surface area contributed by atoms with Crippen LogP contribution in [0.15, 0.2) is 24.3 Å². The minimum atomic E-state index is -0.205. The Kier molecular flexibility index (Phi) is 3.41. The van der Waals surface area contributed by atoms with E-state index < -0.39 is 0 Å². The lowest BCUT2D eigenvalue weighted by Crippen LogP contribution is -2.35. The summed E-state index contributed by atoms with van der Waals surface area (Å²) in [4.78, 5) is 0. The first-order chi connectivity index (χ1) is 8.47. The average Bonchev–Trinajstić information content (AvgIpc) is 3.10. The van der Waals surface area contributed by atoms with Gasteiger partial charge in [0, 0.05) is 18.5 Å². The molecule has 1 aliphatic rings. The Hall–Kier alpha value is -1.40. The molecular formula is C15H19FN2. The lowest BCUT2D eigenvalue weighted by Gasteiger charge is -2.26. The maximum Gasteiger partial charge on any atom is 0.123 e. The summed E-state index contributed by atoms with van der Waals surface area (Å²) in [6.45, 7) is 5.80. The van der Waals surface area contributed by atoms with Crippen molar-refractivity contribution in [3.63, 3.8) is 0 Å². The second-order valence-corrected chi connectivity index (χ2v) is 5.89. The predicted octanol–water partition coefficient (Wildman–Crippen LogP) is 3.00. The van der Waals surface area contributed by atoms with E-state index >= 15 is 0 Å². The predicted molar refractivity (Wildman–Crippen MR) is 69.6 cm³/mol. The van der Waals surface area contributed by atoms with Gasteiger partial charge in [0.25, 0.3) is 0 Å². The first kappa shape index (κ1) is 13.0. The van der Waals surface area contributed by atoms with Crippen LogP contribution in [-0.4, -0.2) is 13.1 Å². The Morgan fingerprint density at radius 1 is 1.33 bits per heavy atom. The number of nitriles is 1. The van der Waals surface area contributed by atoms with E-state index in [2.05, 4.69) is 25.2 Å². The number of hydrogen-bond donors (Lipinski definition) is 1. The maximum absolute atomic E-state index is 12.9. The van der Waals surface area contributed by atoms with E-state index in [1.807, 2.05) is 12.1 Å². The highest BCUT2D eigenvalue weighted by molar-refractivity contribution is 5.24. The van der Waals surface area contributed by atoms with E-state index in [9.17, 15) is 4.39 Å². The fourth-order valence-corrected chi connectivity index (χ4v) is 2.10. The molecule has 2 rings (SSSR count). The van der Waals surface area contributed by atoms with Gasteiger partial charge in [-0.1, -0.05) is 26.0 Å². The van der Waals surface area contributed by atoms with Crippen LogP contribution in [0.1, 0.15) is 32.3 Å². The Labute approximate surface area is 108 Å². The molecule has 1 aromatic rings. The van der Waals surface area contributed by atoms with Crippen LogP contribution in [-0.2, 0) is 5.41 Å². The van der Waals surface area contributed by atoms with Crippen LogP contribution in [0.2, 0.25) is 0 Å².